The first-order valence-electron chi connectivity index (χ1n) is 6.00. The molecule has 0 aromatic rings. The minimum absolute atomic E-state index is 0.0748. The predicted molar refractivity (Wildman–Crippen MR) is 67.3 cm³/mol. The first-order chi connectivity index (χ1) is 7.20. The van der Waals surface area contributed by atoms with Gasteiger partial charge in [0.1, 0.15) is 0 Å². The first-order valence-corrected chi connectivity index (χ1v) is 6.92. The maximum atomic E-state index is 11.2. The Hall–Kier alpha value is -0.0500. The average Bonchev–Trinajstić information content (AvgIpc) is 2.23. The van der Waals surface area contributed by atoms with Gasteiger partial charge < -0.3 is 4.74 Å². The molecular weight excluding hydrogens is 256 g/mol. The Bertz CT molecular complexity index is 160. The van der Waals surface area contributed by atoms with Crippen LogP contribution in [0.1, 0.15) is 58.8 Å². The van der Waals surface area contributed by atoms with Gasteiger partial charge in [-0.05, 0) is 12.8 Å². The van der Waals surface area contributed by atoms with Gasteiger partial charge in [-0.3, -0.25) is 4.79 Å². The number of hydrogen-bond donors (Lipinski definition) is 0. The predicted octanol–water partition coefficient (Wildman–Crippen LogP) is 4.06. The number of ether oxygens (including phenoxy) is 1. The second kappa shape index (κ2) is 10.5. The van der Waals surface area contributed by atoms with Gasteiger partial charge in [-0.1, -0.05) is 55.5 Å². The number of carbonyl (C=O) groups excluding carboxylic acids is 1. The molecule has 0 bridgehead atoms. The van der Waals surface area contributed by atoms with Crippen molar-refractivity contribution in [2.75, 3.05) is 6.61 Å². The molecule has 0 saturated carbocycles. The lowest BCUT2D eigenvalue weighted by molar-refractivity contribution is -0.143. The van der Waals surface area contributed by atoms with E-state index in [0.29, 0.717) is 13.0 Å². The largest absolute Gasteiger partial charge is 0.466 e. The molecule has 3 heteroatoms. The van der Waals surface area contributed by atoms with Gasteiger partial charge in [-0.15, -0.1) is 0 Å². The van der Waals surface area contributed by atoms with Crippen LogP contribution in [0.5, 0.6) is 0 Å². The summed E-state index contributed by atoms with van der Waals surface area (Å²) in [5, 5.41) is 0. The highest BCUT2D eigenvalue weighted by molar-refractivity contribution is 9.09. The average molecular weight is 279 g/mol. The van der Waals surface area contributed by atoms with Crippen molar-refractivity contribution in [3.63, 3.8) is 0 Å². The molecule has 0 fully saturated rings. The molecule has 0 aromatic heterocycles. The smallest absolute Gasteiger partial charge is 0.306 e. The lowest BCUT2D eigenvalue weighted by Gasteiger charge is -2.07. The summed E-state index contributed by atoms with van der Waals surface area (Å²) in [6.07, 6.45) is 7.42. The summed E-state index contributed by atoms with van der Waals surface area (Å²) in [6.45, 7) is 4.84. The second-order valence-electron chi connectivity index (χ2n) is 3.84. The Balaban J connectivity index is 3.24. The summed E-state index contributed by atoms with van der Waals surface area (Å²) in [5.74, 6) is -0.0748. The third kappa shape index (κ3) is 10.2. The van der Waals surface area contributed by atoms with E-state index in [1.54, 1.807) is 0 Å². The van der Waals surface area contributed by atoms with E-state index in [1.807, 2.05) is 0 Å². The van der Waals surface area contributed by atoms with E-state index in [-0.39, 0.29) is 10.8 Å². The van der Waals surface area contributed by atoms with E-state index >= 15 is 0 Å². The highest BCUT2D eigenvalue weighted by Crippen LogP contribution is 2.10. The Morgan fingerprint density at radius 3 is 2.47 bits per heavy atom. The lowest BCUT2D eigenvalue weighted by Crippen LogP contribution is -2.11. The normalized spacial score (nSPS) is 12.5. The van der Waals surface area contributed by atoms with E-state index < -0.39 is 0 Å². The quantitative estimate of drug-likeness (QED) is 0.361. The molecule has 0 aromatic carbocycles. The topological polar surface area (TPSA) is 26.3 Å². The number of carbonyl (C=O) groups is 1. The van der Waals surface area contributed by atoms with Gasteiger partial charge in [0, 0.05) is 4.83 Å². The first kappa shape index (κ1) is 14.9. The van der Waals surface area contributed by atoms with Crippen molar-refractivity contribution in [1.82, 2.24) is 0 Å². The minimum atomic E-state index is -0.0748. The molecule has 15 heavy (non-hydrogen) atoms. The third-order valence-electron chi connectivity index (χ3n) is 2.34. The second-order valence-corrected chi connectivity index (χ2v) is 5.14. The molecule has 0 N–H and O–H groups in total. The van der Waals surface area contributed by atoms with Crippen LogP contribution in [0.25, 0.3) is 0 Å². The van der Waals surface area contributed by atoms with Crippen LogP contribution in [0.2, 0.25) is 0 Å². The molecule has 90 valence electrons. The Morgan fingerprint density at radius 1 is 1.20 bits per heavy atom. The zero-order chi connectivity index (χ0) is 11.5. The number of esters is 1. The molecule has 2 nitrogen and oxygen atoms in total. The number of halogens is 1. The molecule has 0 heterocycles. The van der Waals surface area contributed by atoms with Crippen LogP contribution in [0.3, 0.4) is 0 Å². The van der Waals surface area contributed by atoms with Gasteiger partial charge in [0.05, 0.1) is 13.0 Å². The number of alkyl halides is 1. The van der Waals surface area contributed by atoms with Crippen LogP contribution >= 0.6 is 15.9 Å². The number of unbranched alkanes of at least 4 members (excludes halogenated alkanes) is 4. The van der Waals surface area contributed by atoms with Gasteiger partial charge in [0.15, 0.2) is 0 Å². The van der Waals surface area contributed by atoms with E-state index in [9.17, 15) is 4.79 Å². The van der Waals surface area contributed by atoms with Crippen molar-refractivity contribution in [2.24, 2.45) is 0 Å². The summed E-state index contributed by atoms with van der Waals surface area (Å²) in [4.78, 5) is 11.5. The van der Waals surface area contributed by atoms with Crippen LogP contribution in [0.4, 0.5) is 0 Å². The van der Waals surface area contributed by atoms with E-state index in [4.69, 9.17) is 4.74 Å². The van der Waals surface area contributed by atoms with Crippen LogP contribution in [0, 0.1) is 0 Å². The molecule has 1 unspecified atom stereocenters. The van der Waals surface area contributed by atoms with E-state index in [0.717, 1.165) is 12.8 Å². The highest BCUT2D eigenvalue weighted by atomic mass is 79.9. The summed E-state index contributed by atoms with van der Waals surface area (Å²) in [6, 6.07) is 0. The van der Waals surface area contributed by atoms with Crippen molar-refractivity contribution in [1.29, 1.82) is 0 Å². The third-order valence-corrected chi connectivity index (χ3v) is 3.31. The van der Waals surface area contributed by atoms with Crippen molar-refractivity contribution < 1.29 is 9.53 Å². The molecule has 0 saturated heterocycles. The van der Waals surface area contributed by atoms with Crippen LogP contribution in [0.15, 0.2) is 0 Å². The number of rotatable bonds is 9. The summed E-state index contributed by atoms with van der Waals surface area (Å²) in [5.41, 5.74) is 0. The number of hydrogen-bond acceptors (Lipinski definition) is 2. The van der Waals surface area contributed by atoms with Crippen molar-refractivity contribution >= 4 is 21.9 Å². The van der Waals surface area contributed by atoms with Crippen LogP contribution < -0.4 is 0 Å². The fraction of sp³-hybridized carbons (Fsp3) is 0.917. The van der Waals surface area contributed by atoms with Gasteiger partial charge in [-0.2, -0.15) is 0 Å². The van der Waals surface area contributed by atoms with Crippen molar-refractivity contribution in [3.05, 3.63) is 0 Å². The lowest BCUT2D eigenvalue weighted by atomic mass is 10.2. The van der Waals surface area contributed by atoms with Crippen molar-refractivity contribution in [3.8, 4) is 0 Å². The SMILES string of the molecule is CCCCCCCOC(=O)CC(Br)CC. The van der Waals surface area contributed by atoms with Gasteiger partial charge in [-0.25, -0.2) is 0 Å². The molecule has 0 aliphatic rings. The highest BCUT2D eigenvalue weighted by Gasteiger charge is 2.09. The Kier molecular flexibility index (Phi) is 10.4. The molecule has 0 amide bonds. The molecule has 1 atom stereocenters. The molecular formula is C12H23BrO2. The minimum Gasteiger partial charge on any atom is -0.466 e. The Labute approximate surface area is 102 Å². The summed E-state index contributed by atoms with van der Waals surface area (Å²) in [7, 11) is 0. The molecule has 0 radical (unpaired) electrons. The standard InChI is InChI=1S/C12H23BrO2/c1-3-5-6-7-8-9-15-12(14)10-11(13)4-2/h11H,3-10H2,1-2H3. The zero-order valence-corrected chi connectivity index (χ0v) is 11.5. The van der Waals surface area contributed by atoms with Gasteiger partial charge >= 0.3 is 5.97 Å². The van der Waals surface area contributed by atoms with Crippen molar-refractivity contribution in [2.45, 2.75) is 63.6 Å². The van der Waals surface area contributed by atoms with Gasteiger partial charge in [0.25, 0.3) is 0 Å². The van der Waals surface area contributed by atoms with Crippen LogP contribution in [-0.4, -0.2) is 17.4 Å². The van der Waals surface area contributed by atoms with E-state index in [1.165, 1.54) is 25.7 Å². The van der Waals surface area contributed by atoms with Gasteiger partial charge in [0.2, 0.25) is 0 Å². The zero-order valence-electron chi connectivity index (χ0n) is 9.93. The fourth-order valence-corrected chi connectivity index (χ4v) is 1.54. The molecule has 0 aliphatic carbocycles. The monoisotopic (exact) mass is 278 g/mol. The Morgan fingerprint density at radius 2 is 1.87 bits per heavy atom. The fourth-order valence-electron chi connectivity index (χ4n) is 1.28. The molecule has 0 aliphatic heterocycles. The summed E-state index contributed by atoms with van der Waals surface area (Å²) < 4.78 is 5.13. The van der Waals surface area contributed by atoms with Crippen LogP contribution in [-0.2, 0) is 9.53 Å². The molecule has 0 spiro atoms. The van der Waals surface area contributed by atoms with E-state index in [2.05, 4.69) is 29.8 Å². The summed E-state index contributed by atoms with van der Waals surface area (Å²) >= 11 is 3.42. The maximum Gasteiger partial charge on any atom is 0.306 e. The molecule has 0 rings (SSSR count). The maximum absolute atomic E-state index is 11.2.